The molecule has 0 rings (SSSR count). The van der Waals surface area contributed by atoms with Crippen LogP contribution in [0.3, 0.4) is 0 Å². The van der Waals surface area contributed by atoms with Crippen LogP contribution in [0.1, 0.15) is 0 Å². The van der Waals surface area contributed by atoms with Gasteiger partial charge in [0.05, 0.1) is 27.7 Å². The number of likely N-dealkylation sites (N-methyl/N-ethyl adjacent to an activating group) is 1. The molecule has 0 aromatic rings. The normalized spacial score (nSPS) is 7.43. The summed E-state index contributed by atoms with van der Waals surface area (Å²) in [5.74, 6) is 0. The standard InChI is InChI=1S/C5H14NO.5ClH.2Zn/c1-6(2,3)4-5-7;;;;;;;/h7H,4-5H2,1-3H3;5*1H;;/q+1;;;;;;2*+2/p-5. The maximum absolute atomic E-state index is 8.39. The van der Waals surface area contributed by atoms with E-state index in [1.165, 1.54) is 0 Å². The van der Waals surface area contributed by atoms with Gasteiger partial charge in [0.1, 0.15) is 6.54 Å². The summed E-state index contributed by atoms with van der Waals surface area (Å²) in [6, 6.07) is 0. The molecule has 0 aliphatic rings. The van der Waals surface area contributed by atoms with Crippen molar-refractivity contribution in [3.05, 3.63) is 0 Å². The predicted molar refractivity (Wildman–Crippen MR) is 53.4 cm³/mol. The van der Waals surface area contributed by atoms with Gasteiger partial charge in [0, 0.05) is 0 Å². The fourth-order valence-electron chi connectivity index (χ4n) is 0.300. The van der Waals surface area contributed by atoms with Crippen molar-refractivity contribution in [3.8, 4) is 0 Å². The molecule has 0 aromatic carbocycles. The predicted octanol–water partition coefficient (Wildman–Crippen LogP) is -0.558. The second-order valence-electron chi connectivity index (χ2n) is 2.94. The molecule has 0 atom stereocenters. The molecule has 0 fully saturated rings. The Labute approximate surface area is 124 Å². The van der Waals surface area contributed by atoms with Crippen molar-refractivity contribution in [2.45, 2.75) is 0 Å². The van der Waals surface area contributed by atoms with E-state index < -0.39 is 30.3 Å². The molecule has 2 nitrogen and oxygen atoms in total. The monoisotopic (exact) mass is 407 g/mol. The van der Waals surface area contributed by atoms with Gasteiger partial charge in [0.25, 0.3) is 0 Å². The zero-order valence-corrected chi connectivity index (χ0v) is 18.3. The summed E-state index contributed by atoms with van der Waals surface area (Å²) in [5, 5.41) is 8.39. The summed E-state index contributed by atoms with van der Waals surface area (Å²) in [6.07, 6.45) is 0. The van der Waals surface area contributed by atoms with Crippen LogP contribution in [0.15, 0.2) is 0 Å². The number of quaternary nitrogens is 1. The first-order valence-electron chi connectivity index (χ1n) is 3.54. The quantitative estimate of drug-likeness (QED) is 0.477. The second kappa shape index (κ2) is 21.0. The van der Waals surface area contributed by atoms with Crippen LogP contribution in [-0.4, -0.2) is 43.9 Å². The van der Waals surface area contributed by atoms with Crippen LogP contribution < -0.4 is 12.4 Å². The Morgan fingerprint density at radius 2 is 1.21 bits per heavy atom. The van der Waals surface area contributed by atoms with Gasteiger partial charge in [-0.15, -0.1) is 0 Å². The van der Waals surface area contributed by atoms with Gasteiger partial charge < -0.3 is 22.0 Å². The maximum atomic E-state index is 8.39. The van der Waals surface area contributed by atoms with Crippen LogP contribution in [0.4, 0.5) is 0 Å². The van der Waals surface area contributed by atoms with E-state index in [1.54, 1.807) is 0 Å². The fraction of sp³-hybridized carbons (Fsp3) is 1.00. The molecule has 0 saturated heterocycles. The van der Waals surface area contributed by atoms with Crippen molar-refractivity contribution >= 4 is 38.8 Å². The Balaban J connectivity index is -0.0000000610. The van der Waals surface area contributed by atoms with Gasteiger partial charge >= 0.3 is 69.1 Å². The zero-order valence-electron chi connectivity index (χ0n) is 8.61. The minimum absolute atomic E-state index is 0. The zero-order chi connectivity index (χ0) is 11.3. The van der Waals surface area contributed by atoms with Crippen LogP contribution in [0.2, 0.25) is 0 Å². The molecule has 0 spiro atoms. The number of halogens is 5. The topological polar surface area (TPSA) is 20.2 Å². The summed E-state index contributed by atoms with van der Waals surface area (Å²) in [5.41, 5.74) is 0. The Hall–Kier alpha value is 2.62. The molecule has 0 heterocycles. The van der Waals surface area contributed by atoms with Gasteiger partial charge in [-0.2, -0.15) is 0 Å². The van der Waals surface area contributed by atoms with E-state index in [0.29, 0.717) is 0 Å². The molecular weight excluding hydrogens is 398 g/mol. The number of rotatable bonds is 2. The number of hydrogen-bond donors (Lipinski definition) is 1. The van der Waals surface area contributed by atoms with Crippen molar-refractivity contribution in [3.63, 3.8) is 0 Å². The van der Waals surface area contributed by atoms with Crippen LogP contribution in [0, 0.1) is 0 Å². The first kappa shape index (κ1) is 25.5. The second-order valence-corrected chi connectivity index (χ2v) is 12.2. The third kappa shape index (κ3) is 61.9. The first-order valence-corrected chi connectivity index (χ1v) is 19.1. The van der Waals surface area contributed by atoms with E-state index >= 15 is 0 Å². The van der Waals surface area contributed by atoms with Crippen molar-refractivity contribution in [1.29, 1.82) is 0 Å². The van der Waals surface area contributed by atoms with E-state index in [-0.39, 0.29) is 19.0 Å². The summed E-state index contributed by atoms with van der Waals surface area (Å²) in [6.45, 7) is 1.11. The van der Waals surface area contributed by atoms with E-state index in [4.69, 9.17) is 43.9 Å². The molecule has 84 valence electrons. The average molecular weight is 412 g/mol. The number of hydrogen-bond acceptors (Lipinski definition) is 1. The molecule has 0 aliphatic heterocycles. The summed E-state index contributed by atoms with van der Waals surface area (Å²) < 4.78 is 0.844. The van der Waals surface area contributed by atoms with Gasteiger partial charge in [-0.3, -0.25) is 0 Å². The van der Waals surface area contributed by atoms with Crippen LogP contribution in [0.25, 0.3) is 0 Å². The van der Waals surface area contributed by atoms with Crippen LogP contribution in [-0.2, 0) is 30.3 Å². The molecule has 0 aliphatic carbocycles. The van der Waals surface area contributed by atoms with E-state index in [0.717, 1.165) is 11.0 Å². The van der Waals surface area contributed by atoms with Crippen molar-refractivity contribution in [2.24, 2.45) is 0 Å². The molecular formula is C5H14Cl5NOZn2. The minimum atomic E-state index is -0.931. The molecule has 14 heavy (non-hydrogen) atoms. The van der Waals surface area contributed by atoms with E-state index in [9.17, 15) is 0 Å². The van der Waals surface area contributed by atoms with Crippen molar-refractivity contribution < 1.29 is 52.3 Å². The molecule has 0 amide bonds. The summed E-state index contributed by atoms with van der Waals surface area (Å²) in [4.78, 5) is 0. The Morgan fingerprint density at radius 3 is 1.21 bits per heavy atom. The Kier molecular flexibility index (Phi) is 38.1. The molecule has 0 bridgehead atoms. The number of nitrogens with zero attached hydrogens (tertiary/aromatic N) is 1. The Bertz CT molecular complexity index is 83.0. The molecule has 0 aromatic heterocycles. The van der Waals surface area contributed by atoms with Gasteiger partial charge in [-0.1, -0.05) is 0 Å². The molecule has 9 heteroatoms. The van der Waals surface area contributed by atoms with Crippen molar-refractivity contribution in [2.75, 3.05) is 34.3 Å². The van der Waals surface area contributed by atoms with Gasteiger partial charge in [-0.05, 0) is 0 Å². The van der Waals surface area contributed by atoms with Gasteiger partial charge in [0.15, 0.2) is 0 Å². The summed E-state index contributed by atoms with van der Waals surface area (Å²) >= 11 is -1.86. The number of aliphatic hydroxyl groups is 1. The molecule has 1 N–H and O–H groups in total. The van der Waals surface area contributed by atoms with Gasteiger partial charge in [-0.25, -0.2) is 0 Å². The van der Waals surface area contributed by atoms with E-state index in [1.807, 2.05) is 0 Å². The van der Waals surface area contributed by atoms with Crippen LogP contribution in [0.5, 0.6) is 0 Å². The third-order valence-electron chi connectivity index (χ3n) is 0.771. The molecule has 0 unspecified atom stereocenters. The van der Waals surface area contributed by atoms with Gasteiger partial charge in [0.2, 0.25) is 0 Å². The Morgan fingerprint density at radius 1 is 1.00 bits per heavy atom. The third-order valence-corrected chi connectivity index (χ3v) is 0.771. The van der Waals surface area contributed by atoms with Crippen LogP contribution >= 0.6 is 38.8 Å². The molecule has 0 radical (unpaired) electrons. The average Bonchev–Trinajstić information content (AvgIpc) is 1.87. The SMILES string of the molecule is C[N+](C)(C)CCO.[Cl-].[Cl][Zn][Cl].[Cl][Zn][Cl]. The molecule has 0 saturated carbocycles. The van der Waals surface area contributed by atoms with Crippen molar-refractivity contribution in [1.82, 2.24) is 0 Å². The summed E-state index contributed by atoms with van der Waals surface area (Å²) in [7, 11) is 26.0. The first-order chi connectivity index (χ1) is 5.89. The van der Waals surface area contributed by atoms with E-state index in [2.05, 4.69) is 21.1 Å². The fourth-order valence-corrected chi connectivity index (χ4v) is 0.300. The number of aliphatic hydroxyl groups excluding tert-OH is 1.